The van der Waals surface area contributed by atoms with Gasteiger partial charge in [-0.05, 0) is 91.2 Å². The largest absolute Gasteiger partial charge is 0.534 e. The summed E-state index contributed by atoms with van der Waals surface area (Å²) in [6.07, 6.45) is 12.2. The molecule has 5 fully saturated rings. The van der Waals surface area contributed by atoms with E-state index >= 15 is 0 Å². The van der Waals surface area contributed by atoms with E-state index in [1.807, 2.05) is 42.2 Å². The van der Waals surface area contributed by atoms with E-state index in [0.29, 0.717) is 28.5 Å². The van der Waals surface area contributed by atoms with Crippen LogP contribution in [0.5, 0.6) is 5.75 Å². The number of aromatic nitrogens is 2. The summed E-state index contributed by atoms with van der Waals surface area (Å²) >= 11 is 0. The maximum absolute atomic E-state index is 13.8. The van der Waals surface area contributed by atoms with Crippen LogP contribution in [0.15, 0.2) is 65.3 Å². The smallest absolute Gasteiger partial charge is 0.436 e. The molecule has 0 amide bonds. The number of ether oxygens (including phenoxy) is 1. The Morgan fingerprint density at radius 2 is 1.64 bits per heavy atom. The molecule has 4 aromatic rings. The van der Waals surface area contributed by atoms with Crippen LogP contribution in [0, 0.1) is 23.7 Å². The number of halogens is 3. The Hall–Kier alpha value is -3.78. The monoisotopic (exact) mass is 669 g/mol. The fraction of sp³-hybridized carbons (Fsp3) is 0.412. The molecule has 246 valence electrons. The molecule has 1 aliphatic heterocycles. The lowest BCUT2D eigenvalue weighted by molar-refractivity contribution is -0.671. The van der Waals surface area contributed by atoms with Gasteiger partial charge >= 0.3 is 15.6 Å². The first-order valence-electron chi connectivity index (χ1n) is 15.5. The van der Waals surface area contributed by atoms with Crippen LogP contribution in [0.2, 0.25) is 0 Å². The highest BCUT2D eigenvalue weighted by molar-refractivity contribution is 7.88. The molecule has 1 spiro atoms. The highest BCUT2D eigenvalue weighted by Crippen LogP contribution is 2.70. The van der Waals surface area contributed by atoms with Gasteiger partial charge < -0.3 is 13.3 Å². The second-order valence-corrected chi connectivity index (χ2v) is 14.7. The molecule has 13 heteroatoms. The van der Waals surface area contributed by atoms with Gasteiger partial charge in [0.25, 0.3) is 5.79 Å². The van der Waals surface area contributed by atoms with Gasteiger partial charge in [0.05, 0.1) is 5.56 Å². The molecule has 1 saturated heterocycles. The number of fused-ring (bicyclic) bond motifs is 1. The van der Waals surface area contributed by atoms with Crippen molar-refractivity contribution in [2.24, 2.45) is 30.7 Å². The number of hydrogen-bond acceptors (Lipinski definition) is 8. The highest BCUT2D eigenvalue weighted by Gasteiger charge is 2.77. The molecular weight excluding hydrogens is 637 g/mol. The topological polar surface area (TPSA) is 101 Å². The zero-order valence-corrected chi connectivity index (χ0v) is 26.4. The number of alkyl halides is 3. The van der Waals surface area contributed by atoms with Crippen molar-refractivity contribution in [2.45, 2.75) is 49.0 Å². The first kappa shape index (κ1) is 30.5. The first-order chi connectivity index (χ1) is 22.4. The van der Waals surface area contributed by atoms with Crippen LogP contribution in [0.4, 0.5) is 13.2 Å². The number of rotatable bonds is 7. The molecule has 3 heterocycles. The van der Waals surface area contributed by atoms with E-state index in [1.165, 1.54) is 25.7 Å². The Morgan fingerprint density at radius 1 is 0.957 bits per heavy atom. The molecule has 5 aliphatic rings. The maximum atomic E-state index is 13.8. The molecule has 2 aromatic heterocycles. The molecule has 0 N–H and O–H groups in total. The number of methoxy groups -OCH3 is 1. The second kappa shape index (κ2) is 10.6. The number of benzene rings is 2. The SMILES string of the molecule is COC1(c2cc(OS(=O)(=O)C(F)(F)F)c(-c3nc4ccccc4o3)cc2/C=C/c2cc[n+](C)cc2)OOC12C1CC3CC(C1)CC2C3. The lowest BCUT2D eigenvalue weighted by atomic mass is 9.47. The Labute approximate surface area is 269 Å². The fourth-order valence-electron chi connectivity index (χ4n) is 8.55. The van der Waals surface area contributed by atoms with Crippen molar-refractivity contribution >= 4 is 33.4 Å². The number of hydrogen-bond donors (Lipinski definition) is 0. The molecule has 1 unspecified atom stereocenters. The first-order valence-corrected chi connectivity index (χ1v) is 16.9. The van der Waals surface area contributed by atoms with E-state index in [9.17, 15) is 21.6 Å². The summed E-state index contributed by atoms with van der Waals surface area (Å²) in [6, 6.07) is 13.3. The molecule has 1 atom stereocenters. The summed E-state index contributed by atoms with van der Waals surface area (Å²) in [5.74, 6) is -1.00. The van der Waals surface area contributed by atoms with Crippen LogP contribution in [-0.4, -0.2) is 31.6 Å². The van der Waals surface area contributed by atoms with Crippen molar-refractivity contribution in [3.63, 3.8) is 0 Å². The average Bonchev–Trinajstić information content (AvgIpc) is 3.44. The van der Waals surface area contributed by atoms with Gasteiger partial charge in [0.2, 0.25) is 5.89 Å². The molecule has 9 nitrogen and oxygen atoms in total. The summed E-state index contributed by atoms with van der Waals surface area (Å²) in [5, 5.41) is 0. The van der Waals surface area contributed by atoms with Gasteiger partial charge in [-0.2, -0.15) is 26.5 Å². The molecule has 4 saturated carbocycles. The number of para-hydroxylation sites is 2. The van der Waals surface area contributed by atoms with E-state index in [1.54, 1.807) is 30.3 Å². The van der Waals surface area contributed by atoms with Crippen LogP contribution >= 0.6 is 0 Å². The maximum Gasteiger partial charge on any atom is 0.534 e. The number of pyridine rings is 1. The minimum Gasteiger partial charge on any atom is -0.436 e. The molecule has 9 rings (SSSR count). The lowest BCUT2D eigenvalue weighted by Crippen LogP contribution is -2.76. The minimum atomic E-state index is -6.09. The average molecular weight is 670 g/mol. The van der Waals surface area contributed by atoms with Crippen molar-refractivity contribution < 1.29 is 49.3 Å². The minimum absolute atomic E-state index is 0.0818. The van der Waals surface area contributed by atoms with Gasteiger partial charge in [0, 0.05) is 24.8 Å². The second-order valence-electron chi connectivity index (χ2n) is 13.1. The highest BCUT2D eigenvalue weighted by atomic mass is 32.2. The molecule has 47 heavy (non-hydrogen) atoms. The van der Waals surface area contributed by atoms with Crippen LogP contribution < -0.4 is 8.75 Å². The number of oxazole rings is 1. The molecular formula is C34H32F3N2O7S+. The Bertz CT molecular complexity index is 1940. The van der Waals surface area contributed by atoms with Gasteiger partial charge in [-0.25, -0.2) is 14.4 Å². The number of nitrogens with zero attached hydrogens (tertiary/aromatic N) is 2. The standard InChI is InChI=1S/C34H32F3N2O7S/c1-39-11-9-20(10-12-39)7-8-23-18-26(31-38-28-5-3-4-6-29(28)43-31)30(44-47(40,41)34(35,36)37)19-27(23)33(42-2)32(45-46-33)24-14-21-13-22(16-24)17-25(32)15-21/h3-12,18-19,21-22,24-25H,13-17H2,1-2H3/q+1/b8-7+. The summed E-state index contributed by atoms with van der Waals surface area (Å²) < 4.78 is 85.2. The van der Waals surface area contributed by atoms with Crippen molar-refractivity contribution in [3.05, 3.63) is 77.6 Å². The molecule has 0 radical (unpaired) electrons. The quantitative estimate of drug-likeness (QED) is 0.0931. The van der Waals surface area contributed by atoms with Gasteiger partial charge in [0.15, 0.2) is 29.3 Å². The lowest BCUT2D eigenvalue weighted by Gasteiger charge is -2.68. The van der Waals surface area contributed by atoms with E-state index < -0.39 is 32.8 Å². The number of aryl methyl sites for hydroxylation is 1. The fourth-order valence-corrected chi connectivity index (χ4v) is 9.02. The summed E-state index contributed by atoms with van der Waals surface area (Å²) in [4.78, 5) is 16.5. The van der Waals surface area contributed by atoms with Gasteiger partial charge in [-0.1, -0.05) is 24.3 Å². The predicted octanol–water partition coefficient (Wildman–Crippen LogP) is 6.67. The summed E-state index contributed by atoms with van der Waals surface area (Å²) in [5.41, 5.74) is -4.30. The Kier molecular flexibility index (Phi) is 6.90. The van der Waals surface area contributed by atoms with Crippen molar-refractivity contribution in [1.82, 2.24) is 4.98 Å². The van der Waals surface area contributed by atoms with E-state index in [-0.39, 0.29) is 28.9 Å². The Morgan fingerprint density at radius 3 is 2.23 bits per heavy atom. The van der Waals surface area contributed by atoms with E-state index in [4.69, 9.17) is 23.1 Å². The molecule has 4 aliphatic carbocycles. The van der Waals surface area contributed by atoms with Crippen molar-refractivity contribution in [2.75, 3.05) is 7.11 Å². The third-order valence-corrected chi connectivity index (χ3v) is 11.4. The van der Waals surface area contributed by atoms with Gasteiger partial charge in [-0.3, -0.25) is 0 Å². The van der Waals surface area contributed by atoms with E-state index in [2.05, 4.69) is 4.98 Å². The molecule has 4 bridgehead atoms. The summed E-state index contributed by atoms with van der Waals surface area (Å²) in [7, 11) is -2.72. The predicted molar refractivity (Wildman–Crippen MR) is 162 cm³/mol. The van der Waals surface area contributed by atoms with Crippen LogP contribution in [0.3, 0.4) is 0 Å². The van der Waals surface area contributed by atoms with E-state index in [0.717, 1.165) is 31.2 Å². The van der Waals surface area contributed by atoms with Crippen LogP contribution in [0.1, 0.15) is 48.8 Å². The zero-order valence-electron chi connectivity index (χ0n) is 25.6. The Balaban J connectivity index is 1.36. The van der Waals surface area contributed by atoms with Crippen molar-refractivity contribution in [1.29, 1.82) is 0 Å². The normalized spacial score (nSPS) is 30.0. The third kappa shape index (κ3) is 4.65. The summed E-state index contributed by atoms with van der Waals surface area (Å²) in [6.45, 7) is 0. The van der Waals surface area contributed by atoms with Gasteiger partial charge in [0.1, 0.15) is 12.6 Å². The van der Waals surface area contributed by atoms with Crippen LogP contribution in [-0.2, 0) is 37.5 Å². The molecule has 2 aromatic carbocycles. The zero-order chi connectivity index (χ0) is 32.8. The van der Waals surface area contributed by atoms with Crippen molar-refractivity contribution in [3.8, 4) is 17.2 Å². The van der Waals surface area contributed by atoms with Crippen LogP contribution in [0.25, 0.3) is 34.7 Å². The third-order valence-electron chi connectivity index (χ3n) is 10.4. The van der Waals surface area contributed by atoms with Gasteiger partial charge in [-0.15, -0.1) is 0 Å².